The van der Waals surface area contributed by atoms with Crippen molar-refractivity contribution in [2.75, 3.05) is 52.5 Å². The number of para-hydroxylation sites is 1. The van der Waals surface area contributed by atoms with Crippen LogP contribution in [-0.4, -0.2) is 131 Å². The van der Waals surface area contributed by atoms with Crippen LogP contribution in [0.1, 0.15) is 69.8 Å². The molecule has 5 rings (SSSR count). The smallest absolute Gasteiger partial charge is 0.409 e. The monoisotopic (exact) mass is 722 g/mol. The molecule has 16 heteroatoms. The number of carbonyl (C=O) groups excluding carboxylic acids is 6. The number of likely N-dealkylation sites (tertiary alicyclic amines) is 1. The minimum atomic E-state index is -1.01. The number of benzene rings is 1. The number of piperazine rings is 1. The van der Waals surface area contributed by atoms with Gasteiger partial charge >= 0.3 is 6.09 Å². The number of amides is 6. The third-order valence-electron chi connectivity index (χ3n) is 9.56. The first-order chi connectivity index (χ1) is 25.0. The van der Waals surface area contributed by atoms with Crippen LogP contribution in [0, 0.1) is 5.92 Å². The number of aromatic nitrogens is 2. The summed E-state index contributed by atoms with van der Waals surface area (Å²) in [5.41, 5.74) is 0.521. The summed E-state index contributed by atoms with van der Waals surface area (Å²) in [5, 5.41) is 13.1. The minimum absolute atomic E-state index is 0.0543. The van der Waals surface area contributed by atoms with Crippen LogP contribution in [0.15, 0.2) is 36.4 Å². The average molecular weight is 723 g/mol. The number of carbonyl (C=O) groups is 6. The van der Waals surface area contributed by atoms with Gasteiger partial charge in [-0.05, 0) is 57.6 Å². The van der Waals surface area contributed by atoms with Crippen molar-refractivity contribution in [3.05, 3.63) is 42.1 Å². The second-order valence-electron chi connectivity index (χ2n) is 13.6. The van der Waals surface area contributed by atoms with Crippen LogP contribution >= 0.6 is 0 Å². The highest BCUT2D eigenvalue weighted by Crippen LogP contribution is 2.24. The molecule has 2 aromatic rings. The highest BCUT2D eigenvalue weighted by Gasteiger charge is 2.36. The summed E-state index contributed by atoms with van der Waals surface area (Å²) in [5.74, 6) is -1.82. The highest BCUT2D eigenvalue weighted by molar-refractivity contribution is 5.96. The van der Waals surface area contributed by atoms with E-state index in [0.29, 0.717) is 25.1 Å². The second kappa shape index (κ2) is 17.9. The molecular formula is C36H50N8O8. The minimum Gasteiger partial charge on any atom is -0.467 e. The highest BCUT2D eigenvalue weighted by atomic mass is 16.6. The lowest BCUT2D eigenvalue weighted by Crippen LogP contribution is -2.56. The maximum absolute atomic E-state index is 13.8. The van der Waals surface area contributed by atoms with E-state index in [1.54, 1.807) is 54.8 Å². The Morgan fingerprint density at radius 3 is 2.29 bits per heavy atom. The fourth-order valence-corrected chi connectivity index (χ4v) is 6.32. The van der Waals surface area contributed by atoms with E-state index in [4.69, 9.17) is 9.47 Å². The number of nitrogens with zero attached hydrogens (tertiary/aromatic N) is 5. The van der Waals surface area contributed by atoms with Crippen LogP contribution < -0.4 is 20.7 Å². The molecule has 2 atom stereocenters. The van der Waals surface area contributed by atoms with Crippen molar-refractivity contribution in [2.45, 2.75) is 77.4 Å². The first-order valence-corrected chi connectivity index (χ1v) is 18.2. The fraction of sp³-hybridized carbons (Fsp3) is 0.583. The topological polar surface area (TPSA) is 185 Å². The van der Waals surface area contributed by atoms with Gasteiger partial charge < -0.3 is 40.1 Å². The Kier molecular flexibility index (Phi) is 13.1. The maximum Gasteiger partial charge on any atom is 0.409 e. The van der Waals surface area contributed by atoms with Crippen LogP contribution in [-0.2, 0) is 23.9 Å². The Morgan fingerprint density at radius 1 is 0.923 bits per heavy atom. The molecule has 0 bridgehead atoms. The summed E-state index contributed by atoms with van der Waals surface area (Å²) in [7, 11) is 0. The molecule has 6 amide bonds. The quantitative estimate of drug-likeness (QED) is 0.260. The van der Waals surface area contributed by atoms with Crippen molar-refractivity contribution in [1.29, 1.82) is 0 Å². The van der Waals surface area contributed by atoms with Crippen molar-refractivity contribution in [3.63, 3.8) is 0 Å². The molecular weight excluding hydrogens is 672 g/mol. The Labute approximate surface area is 303 Å². The van der Waals surface area contributed by atoms with E-state index in [0.717, 1.165) is 19.3 Å². The zero-order chi connectivity index (χ0) is 37.2. The third-order valence-corrected chi connectivity index (χ3v) is 9.56. The Balaban J connectivity index is 1.28. The van der Waals surface area contributed by atoms with Crippen molar-refractivity contribution in [3.8, 4) is 11.6 Å². The average Bonchev–Trinajstić information content (AvgIpc) is 3.80. The van der Waals surface area contributed by atoms with Crippen molar-refractivity contribution >= 4 is 35.6 Å². The third kappa shape index (κ3) is 9.59. The van der Waals surface area contributed by atoms with Crippen molar-refractivity contribution in [1.82, 2.24) is 40.4 Å². The van der Waals surface area contributed by atoms with E-state index in [1.165, 1.54) is 15.6 Å². The van der Waals surface area contributed by atoms with Gasteiger partial charge in [0.1, 0.15) is 12.1 Å². The molecule has 1 aromatic heterocycles. The number of ether oxygens (including phenoxy) is 2. The molecule has 0 unspecified atom stereocenters. The number of hydrogen-bond donors (Lipinski definition) is 3. The zero-order valence-corrected chi connectivity index (χ0v) is 30.2. The largest absolute Gasteiger partial charge is 0.467 e. The first-order valence-electron chi connectivity index (χ1n) is 18.2. The van der Waals surface area contributed by atoms with Gasteiger partial charge in [0.15, 0.2) is 12.3 Å². The summed E-state index contributed by atoms with van der Waals surface area (Å²) in [6, 6.07) is 8.96. The summed E-state index contributed by atoms with van der Waals surface area (Å²) >= 11 is 0. The molecule has 3 aliphatic rings. The molecule has 1 aliphatic carbocycles. The van der Waals surface area contributed by atoms with Gasteiger partial charge in [0.25, 0.3) is 11.8 Å². The fourth-order valence-electron chi connectivity index (χ4n) is 6.32. The summed E-state index contributed by atoms with van der Waals surface area (Å²) in [4.78, 5) is 82.9. The number of hydrogen-bond acceptors (Lipinski definition) is 9. The van der Waals surface area contributed by atoms with Crippen molar-refractivity contribution in [2.24, 2.45) is 5.92 Å². The molecule has 2 saturated heterocycles. The molecule has 16 nitrogen and oxygen atoms in total. The van der Waals surface area contributed by atoms with E-state index >= 15 is 0 Å². The lowest BCUT2D eigenvalue weighted by molar-refractivity contribution is -0.140. The van der Waals surface area contributed by atoms with Gasteiger partial charge in [0, 0.05) is 57.3 Å². The Morgan fingerprint density at radius 2 is 1.63 bits per heavy atom. The van der Waals surface area contributed by atoms with Gasteiger partial charge in [-0.2, -0.15) is 5.10 Å². The normalized spacial score (nSPS) is 18.0. The van der Waals surface area contributed by atoms with Crippen LogP contribution in [0.25, 0.3) is 5.69 Å². The van der Waals surface area contributed by atoms with Crippen LogP contribution in [0.4, 0.5) is 4.79 Å². The van der Waals surface area contributed by atoms with E-state index in [-0.39, 0.29) is 99.5 Å². The predicted molar refractivity (Wildman–Crippen MR) is 188 cm³/mol. The molecule has 0 spiro atoms. The molecule has 2 aliphatic heterocycles. The maximum atomic E-state index is 13.8. The van der Waals surface area contributed by atoms with E-state index in [1.807, 2.05) is 6.07 Å². The van der Waals surface area contributed by atoms with E-state index in [2.05, 4.69) is 21.0 Å². The van der Waals surface area contributed by atoms with Crippen molar-refractivity contribution < 1.29 is 38.2 Å². The van der Waals surface area contributed by atoms with Crippen LogP contribution in [0.2, 0.25) is 0 Å². The SMILES string of the molecule is CCOC(=O)N1CCN(C(=O)[C@H](CCNC(=O)C(C)C)NC(=O)c2cc(OCC(=O)N3CCC[C@H]3C(=O)NC3CCC3)n(-c3ccccc3)n2)CC1. The number of nitrogens with one attached hydrogen (secondary N) is 3. The summed E-state index contributed by atoms with van der Waals surface area (Å²) < 4.78 is 12.5. The second-order valence-corrected chi connectivity index (χ2v) is 13.6. The van der Waals surface area contributed by atoms with Gasteiger partial charge in [-0.15, -0.1) is 0 Å². The predicted octanol–water partition coefficient (Wildman–Crippen LogP) is 1.47. The molecule has 3 fully saturated rings. The molecule has 282 valence electrons. The van der Waals surface area contributed by atoms with Gasteiger partial charge in [-0.1, -0.05) is 32.0 Å². The van der Waals surface area contributed by atoms with Gasteiger partial charge in [-0.3, -0.25) is 24.0 Å². The molecule has 52 heavy (non-hydrogen) atoms. The molecule has 3 heterocycles. The Hall–Kier alpha value is -5.15. The lowest BCUT2D eigenvalue weighted by atomic mass is 9.93. The first kappa shape index (κ1) is 38.1. The van der Waals surface area contributed by atoms with Gasteiger partial charge in [0.2, 0.25) is 23.6 Å². The Bertz CT molecular complexity index is 1590. The lowest BCUT2D eigenvalue weighted by Gasteiger charge is -2.36. The molecule has 1 saturated carbocycles. The molecule has 3 N–H and O–H groups in total. The standard InChI is InChI=1S/C36H50N8O8/c1-4-51-36(50)42-20-18-41(19-21-42)35(49)27(15-16-37-32(46)24(2)3)39-33(47)28-22-31(44(40-28)26-12-6-5-7-13-26)52-23-30(45)43-17-9-14-29(43)34(48)38-25-10-8-11-25/h5-7,12-13,22,24-25,27,29H,4,8-11,14-21,23H2,1-3H3,(H,37,46)(H,38,48)(H,39,47)/t27-,29-/m0/s1. The summed E-state index contributed by atoms with van der Waals surface area (Å²) in [6.07, 6.45) is 3.95. The molecule has 1 aromatic carbocycles. The number of rotatable bonds is 14. The molecule has 0 radical (unpaired) electrons. The van der Waals surface area contributed by atoms with Gasteiger partial charge in [0.05, 0.1) is 12.3 Å². The zero-order valence-electron chi connectivity index (χ0n) is 30.2. The van der Waals surface area contributed by atoms with E-state index in [9.17, 15) is 28.8 Å². The summed E-state index contributed by atoms with van der Waals surface area (Å²) in [6.45, 7) is 6.75. The van der Waals surface area contributed by atoms with E-state index < -0.39 is 24.1 Å². The van der Waals surface area contributed by atoms with Crippen LogP contribution in [0.3, 0.4) is 0 Å². The van der Waals surface area contributed by atoms with Crippen LogP contribution in [0.5, 0.6) is 5.88 Å². The van der Waals surface area contributed by atoms with Gasteiger partial charge in [-0.25, -0.2) is 9.48 Å².